The summed E-state index contributed by atoms with van der Waals surface area (Å²) in [5.74, 6) is 0.831. The number of hydrogen-bond acceptors (Lipinski definition) is 6. The van der Waals surface area contributed by atoms with Crippen molar-refractivity contribution in [2.75, 3.05) is 7.11 Å². The average Bonchev–Trinajstić information content (AvgIpc) is 3.09. The molecule has 1 heterocycles. The van der Waals surface area contributed by atoms with Gasteiger partial charge in [-0.2, -0.15) is 4.98 Å². The maximum atomic E-state index is 12.1. The SMILES string of the molecule is COc1ccc(C(=O)OCc2nc(-c3ccccc3)no2)cc1Br. The summed E-state index contributed by atoms with van der Waals surface area (Å²) >= 11 is 3.33. The standard InChI is InChI=1S/C17H13BrN2O4/c1-22-14-8-7-12(9-13(14)18)17(21)23-10-15-19-16(20-24-15)11-5-3-2-4-6-11/h2-9H,10H2,1H3. The number of nitrogens with zero attached hydrogens (tertiary/aromatic N) is 2. The predicted octanol–water partition coefficient (Wildman–Crippen LogP) is 3.86. The summed E-state index contributed by atoms with van der Waals surface area (Å²) in [5, 5.41) is 3.87. The lowest BCUT2D eigenvalue weighted by Gasteiger charge is -2.05. The molecular weight excluding hydrogens is 376 g/mol. The molecule has 0 aliphatic rings. The van der Waals surface area contributed by atoms with Crippen molar-refractivity contribution >= 4 is 21.9 Å². The molecule has 1 aromatic heterocycles. The van der Waals surface area contributed by atoms with Crippen LogP contribution in [-0.2, 0) is 11.3 Å². The summed E-state index contributed by atoms with van der Waals surface area (Å²) in [4.78, 5) is 16.3. The number of methoxy groups -OCH3 is 1. The van der Waals surface area contributed by atoms with Crippen LogP contribution in [0.25, 0.3) is 11.4 Å². The second-order valence-corrected chi connectivity index (χ2v) is 5.66. The van der Waals surface area contributed by atoms with Crippen LogP contribution in [0, 0.1) is 0 Å². The van der Waals surface area contributed by atoms with Gasteiger partial charge in [-0.25, -0.2) is 4.79 Å². The Balaban J connectivity index is 1.65. The molecule has 24 heavy (non-hydrogen) atoms. The van der Waals surface area contributed by atoms with E-state index in [4.69, 9.17) is 14.0 Å². The van der Waals surface area contributed by atoms with Gasteiger partial charge in [-0.15, -0.1) is 0 Å². The van der Waals surface area contributed by atoms with Crippen LogP contribution in [0.3, 0.4) is 0 Å². The van der Waals surface area contributed by atoms with Crippen molar-refractivity contribution in [1.82, 2.24) is 10.1 Å². The molecule has 3 rings (SSSR count). The van der Waals surface area contributed by atoms with Crippen molar-refractivity contribution in [3.63, 3.8) is 0 Å². The fraction of sp³-hybridized carbons (Fsp3) is 0.118. The van der Waals surface area contributed by atoms with E-state index in [2.05, 4.69) is 26.1 Å². The predicted molar refractivity (Wildman–Crippen MR) is 89.5 cm³/mol. The van der Waals surface area contributed by atoms with Crippen LogP contribution in [0.4, 0.5) is 0 Å². The minimum absolute atomic E-state index is 0.0949. The van der Waals surface area contributed by atoms with Crippen molar-refractivity contribution in [3.8, 4) is 17.1 Å². The fourth-order valence-corrected chi connectivity index (χ4v) is 2.56. The molecule has 122 valence electrons. The lowest BCUT2D eigenvalue weighted by Crippen LogP contribution is -2.05. The van der Waals surface area contributed by atoms with Gasteiger partial charge in [0.1, 0.15) is 5.75 Å². The molecule has 0 amide bonds. The molecule has 0 bridgehead atoms. The Labute approximate surface area is 146 Å². The van der Waals surface area contributed by atoms with E-state index in [1.54, 1.807) is 25.3 Å². The van der Waals surface area contributed by atoms with Crippen molar-refractivity contribution in [3.05, 3.63) is 64.5 Å². The molecule has 0 aliphatic carbocycles. The van der Waals surface area contributed by atoms with Gasteiger partial charge in [0.25, 0.3) is 5.89 Å². The highest BCUT2D eigenvalue weighted by atomic mass is 79.9. The van der Waals surface area contributed by atoms with E-state index >= 15 is 0 Å². The van der Waals surface area contributed by atoms with Crippen molar-refractivity contribution in [2.45, 2.75) is 6.61 Å². The smallest absolute Gasteiger partial charge is 0.338 e. The van der Waals surface area contributed by atoms with Crippen LogP contribution in [0.15, 0.2) is 57.5 Å². The third kappa shape index (κ3) is 3.62. The van der Waals surface area contributed by atoms with E-state index in [0.29, 0.717) is 21.6 Å². The summed E-state index contributed by atoms with van der Waals surface area (Å²) in [7, 11) is 1.55. The summed E-state index contributed by atoms with van der Waals surface area (Å²) in [5.41, 5.74) is 1.23. The highest BCUT2D eigenvalue weighted by Gasteiger charge is 2.13. The first kappa shape index (κ1) is 16.2. The molecule has 2 aromatic carbocycles. The van der Waals surface area contributed by atoms with Crippen LogP contribution in [0.1, 0.15) is 16.2 Å². The Kier molecular flexibility index (Phi) is 4.90. The normalized spacial score (nSPS) is 10.4. The zero-order chi connectivity index (χ0) is 16.9. The zero-order valence-electron chi connectivity index (χ0n) is 12.7. The Morgan fingerprint density at radius 2 is 2.00 bits per heavy atom. The Bertz CT molecular complexity index is 849. The first-order valence-electron chi connectivity index (χ1n) is 7.06. The van der Waals surface area contributed by atoms with Crippen molar-refractivity contribution < 1.29 is 18.8 Å². The van der Waals surface area contributed by atoms with Gasteiger partial charge >= 0.3 is 5.97 Å². The van der Waals surface area contributed by atoms with Gasteiger partial charge in [0, 0.05) is 5.56 Å². The number of halogens is 1. The molecule has 0 spiro atoms. The van der Waals surface area contributed by atoms with Crippen LogP contribution in [-0.4, -0.2) is 23.2 Å². The number of carbonyl (C=O) groups is 1. The summed E-state index contributed by atoms with van der Waals surface area (Å²) in [6.07, 6.45) is 0. The molecule has 6 nitrogen and oxygen atoms in total. The van der Waals surface area contributed by atoms with Gasteiger partial charge in [-0.1, -0.05) is 35.5 Å². The van der Waals surface area contributed by atoms with Gasteiger partial charge < -0.3 is 14.0 Å². The third-order valence-corrected chi connectivity index (χ3v) is 3.83. The third-order valence-electron chi connectivity index (χ3n) is 3.21. The molecule has 0 N–H and O–H groups in total. The summed E-state index contributed by atoms with van der Waals surface area (Å²) in [6, 6.07) is 14.3. The number of benzene rings is 2. The molecule has 3 aromatic rings. The zero-order valence-corrected chi connectivity index (χ0v) is 14.3. The minimum atomic E-state index is -0.488. The van der Waals surface area contributed by atoms with Crippen molar-refractivity contribution in [1.29, 1.82) is 0 Å². The molecule has 7 heteroatoms. The minimum Gasteiger partial charge on any atom is -0.496 e. The fourth-order valence-electron chi connectivity index (χ4n) is 2.02. The highest BCUT2D eigenvalue weighted by molar-refractivity contribution is 9.10. The second-order valence-electron chi connectivity index (χ2n) is 4.80. The van der Waals surface area contributed by atoms with Crippen molar-refractivity contribution in [2.24, 2.45) is 0 Å². The van der Waals surface area contributed by atoms with E-state index in [-0.39, 0.29) is 12.5 Å². The Morgan fingerprint density at radius 1 is 1.21 bits per heavy atom. The molecule has 0 unspecified atom stereocenters. The van der Waals surface area contributed by atoms with E-state index < -0.39 is 5.97 Å². The molecule has 0 fully saturated rings. The molecule has 0 radical (unpaired) electrons. The van der Waals surface area contributed by atoms with Crippen LogP contribution in [0.2, 0.25) is 0 Å². The van der Waals surface area contributed by atoms with Gasteiger partial charge in [-0.3, -0.25) is 0 Å². The Hall–Kier alpha value is -2.67. The van der Waals surface area contributed by atoms with E-state index in [0.717, 1.165) is 5.56 Å². The van der Waals surface area contributed by atoms with Gasteiger partial charge in [0.2, 0.25) is 5.82 Å². The maximum absolute atomic E-state index is 12.1. The van der Waals surface area contributed by atoms with Gasteiger partial charge in [-0.05, 0) is 34.1 Å². The summed E-state index contributed by atoms with van der Waals surface area (Å²) in [6.45, 7) is -0.0949. The monoisotopic (exact) mass is 388 g/mol. The number of ether oxygens (including phenoxy) is 2. The summed E-state index contributed by atoms with van der Waals surface area (Å²) < 4.78 is 16.1. The first-order chi connectivity index (χ1) is 11.7. The maximum Gasteiger partial charge on any atom is 0.338 e. The number of carbonyl (C=O) groups excluding carboxylic acids is 1. The molecule has 0 saturated carbocycles. The van der Waals surface area contributed by atoms with E-state index in [1.165, 1.54) is 0 Å². The molecule has 0 aliphatic heterocycles. The average molecular weight is 389 g/mol. The Morgan fingerprint density at radius 3 is 2.71 bits per heavy atom. The molecule has 0 atom stereocenters. The highest BCUT2D eigenvalue weighted by Crippen LogP contribution is 2.26. The van der Waals surface area contributed by atoms with E-state index in [9.17, 15) is 4.79 Å². The quantitative estimate of drug-likeness (QED) is 0.617. The molecule has 0 saturated heterocycles. The topological polar surface area (TPSA) is 74.5 Å². The van der Waals surface area contributed by atoms with Crippen LogP contribution >= 0.6 is 15.9 Å². The van der Waals surface area contributed by atoms with E-state index in [1.807, 2.05) is 30.3 Å². The lowest BCUT2D eigenvalue weighted by molar-refractivity contribution is 0.0429. The lowest BCUT2D eigenvalue weighted by atomic mass is 10.2. The van der Waals surface area contributed by atoms with Gasteiger partial charge in [0.15, 0.2) is 6.61 Å². The van der Waals surface area contributed by atoms with Gasteiger partial charge in [0.05, 0.1) is 17.1 Å². The number of rotatable bonds is 5. The van der Waals surface area contributed by atoms with Crippen LogP contribution in [0.5, 0.6) is 5.75 Å². The number of hydrogen-bond donors (Lipinski definition) is 0. The second kappa shape index (κ2) is 7.27. The molecular formula is C17H13BrN2O4. The first-order valence-corrected chi connectivity index (χ1v) is 7.85. The van der Waals surface area contributed by atoms with Crippen LogP contribution < -0.4 is 4.74 Å². The largest absolute Gasteiger partial charge is 0.496 e. The number of aromatic nitrogens is 2. The number of esters is 1.